The number of hydrogen-bond acceptors (Lipinski definition) is 5. The number of rotatable bonds is 5. The molecular weight excluding hydrogens is 402 g/mol. The summed E-state index contributed by atoms with van der Waals surface area (Å²) in [5.74, 6) is 1.18. The summed E-state index contributed by atoms with van der Waals surface area (Å²) in [6, 6.07) is 10.3. The van der Waals surface area contributed by atoms with E-state index in [0.717, 1.165) is 12.1 Å². The summed E-state index contributed by atoms with van der Waals surface area (Å²) in [4.78, 5) is 39.7. The Morgan fingerprint density at radius 1 is 1.13 bits per heavy atom. The van der Waals surface area contributed by atoms with E-state index in [1.54, 1.807) is 42.0 Å². The first-order valence-corrected chi connectivity index (χ1v) is 11.4. The zero-order chi connectivity index (χ0) is 21.3. The molecular formula is C22H25N3O4S. The van der Waals surface area contributed by atoms with Crippen LogP contribution in [0.5, 0.6) is 5.75 Å². The van der Waals surface area contributed by atoms with Crippen LogP contribution in [0.25, 0.3) is 0 Å². The number of aromatic nitrogens is 1. The lowest BCUT2D eigenvalue weighted by Crippen LogP contribution is -2.49. The maximum Gasteiger partial charge on any atom is 0.253 e. The quantitative estimate of drug-likeness (QED) is 0.793. The molecule has 0 aliphatic carbocycles. The van der Waals surface area contributed by atoms with Gasteiger partial charge in [-0.25, -0.2) is 0 Å². The SMILES string of the molecule is COc1ccc(C(=O)N2C[C@@H]3C[C@H](C2)c2c(NC(=O)CSC)ccc(=O)n2C3)cc1. The molecule has 2 atom stereocenters. The van der Waals surface area contributed by atoms with Crippen LogP contribution in [0.2, 0.25) is 0 Å². The Morgan fingerprint density at radius 3 is 2.60 bits per heavy atom. The van der Waals surface area contributed by atoms with Gasteiger partial charge in [0.25, 0.3) is 11.5 Å². The van der Waals surface area contributed by atoms with E-state index < -0.39 is 0 Å². The molecule has 1 fully saturated rings. The zero-order valence-electron chi connectivity index (χ0n) is 17.1. The number of nitrogens with zero attached hydrogens (tertiary/aromatic N) is 2. The summed E-state index contributed by atoms with van der Waals surface area (Å²) >= 11 is 1.45. The zero-order valence-corrected chi connectivity index (χ0v) is 17.9. The highest BCUT2D eigenvalue weighted by Crippen LogP contribution is 2.39. The second kappa shape index (κ2) is 8.55. The smallest absolute Gasteiger partial charge is 0.253 e. The van der Waals surface area contributed by atoms with Gasteiger partial charge in [0.1, 0.15) is 5.75 Å². The highest BCUT2D eigenvalue weighted by Gasteiger charge is 2.38. The van der Waals surface area contributed by atoms with Crippen LogP contribution in [0.4, 0.5) is 5.69 Å². The van der Waals surface area contributed by atoms with Crippen molar-refractivity contribution in [2.24, 2.45) is 5.92 Å². The Bertz CT molecular complexity index is 1020. The minimum Gasteiger partial charge on any atom is -0.497 e. The first-order valence-electron chi connectivity index (χ1n) is 9.96. The number of pyridine rings is 1. The third-order valence-corrected chi connectivity index (χ3v) is 6.31. The molecule has 1 aromatic carbocycles. The fourth-order valence-electron chi connectivity index (χ4n) is 4.52. The molecule has 30 heavy (non-hydrogen) atoms. The highest BCUT2D eigenvalue weighted by atomic mass is 32.2. The summed E-state index contributed by atoms with van der Waals surface area (Å²) < 4.78 is 6.95. The Balaban J connectivity index is 1.61. The largest absolute Gasteiger partial charge is 0.497 e. The third kappa shape index (κ3) is 3.96. The summed E-state index contributed by atoms with van der Waals surface area (Å²) in [7, 11) is 1.59. The first-order chi connectivity index (χ1) is 14.5. The standard InChI is InChI=1S/C22H25N3O4S/c1-29-17-5-3-15(4-6-17)22(28)24-10-14-9-16(12-24)21-18(23-19(26)13-30-2)7-8-20(27)25(21)11-14/h3-8,14,16H,9-13H2,1-2H3,(H,23,26)/t14-,16+/m0/s1. The van der Waals surface area contributed by atoms with E-state index in [-0.39, 0.29) is 29.2 Å². The molecule has 1 aromatic heterocycles. The summed E-state index contributed by atoms with van der Waals surface area (Å²) in [5, 5.41) is 2.95. The van der Waals surface area contributed by atoms with Gasteiger partial charge in [-0.05, 0) is 48.9 Å². The maximum atomic E-state index is 13.1. The number of likely N-dealkylation sites (tertiary alicyclic amines) is 1. The van der Waals surface area contributed by atoms with Crippen molar-refractivity contribution >= 4 is 29.3 Å². The number of fused-ring (bicyclic) bond motifs is 4. The molecule has 0 saturated carbocycles. The van der Waals surface area contributed by atoms with Crippen molar-refractivity contribution in [3.05, 3.63) is 58.0 Å². The average Bonchev–Trinajstić information content (AvgIpc) is 2.75. The van der Waals surface area contributed by atoms with Crippen molar-refractivity contribution in [2.45, 2.75) is 18.9 Å². The van der Waals surface area contributed by atoms with Crippen LogP contribution in [-0.4, -0.2) is 53.5 Å². The second-order valence-electron chi connectivity index (χ2n) is 7.80. The Morgan fingerprint density at radius 2 is 1.90 bits per heavy atom. The topological polar surface area (TPSA) is 80.6 Å². The summed E-state index contributed by atoms with van der Waals surface area (Å²) in [5.41, 5.74) is 2.07. The normalized spacial score (nSPS) is 19.7. The number of carbonyl (C=O) groups excluding carboxylic acids is 2. The third-order valence-electron chi connectivity index (χ3n) is 5.76. The Labute approximate surface area is 179 Å². The first kappa shape index (κ1) is 20.5. The molecule has 3 heterocycles. The van der Waals surface area contributed by atoms with Crippen LogP contribution in [0, 0.1) is 5.92 Å². The van der Waals surface area contributed by atoms with Gasteiger partial charge >= 0.3 is 0 Å². The number of methoxy groups -OCH3 is 1. The highest BCUT2D eigenvalue weighted by molar-refractivity contribution is 7.99. The summed E-state index contributed by atoms with van der Waals surface area (Å²) in [6.45, 7) is 1.70. The van der Waals surface area contributed by atoms with Crippen molar-refractivity contribution in [2.75, 3.05) is 37.5 Å². The molecule has 2 aliphatic heterocycles. The molecule has 0 unspecified atom stereocenters. The van der Waals surface area contributed by atoms with Crippen LogP contribution in [0.1, 0.15) is 28.4 Å². The van der Waals surface area contributed by atoms with Gasteiger partial charge in [0, 0.05) is 42.9 Å². The number of nitrogens with one attached hydrogen (secondary N) is 1. The molecule has 8 heteroatoms. The second-order valence-corrected chi connectivity index (χ2v) is 8.67. The van der Waals surface area contributed by atoms with Crippen LogP contribution < -0.4 is 15.6 Å². The lowest BCUT2D eigenvalue weighted by atomic mass is 9.82. The van der Waals surface area contributed by atoms with Gasteiger partial charge in [-0.15, -0.1) is 0 Å². The Kier molecular flexibility index (Phi) is 5.85. The van der Waals surface area contributed by atoms with Crippen LogP contribution in [-0.2, 0) is 11.3 Å². The van der Waals surface area contributed by atoms with Gasteiger partial charge in [-0.2, -0.15) is 11.8 Å². The fraction of sp³-hybridized carbons (Fsp3) is 0.409. The number of benzene rings is 1. The van der Waals surface area contributed by atoms with E-state index in [9.17, 15) is 14.4 Å². The van der Waals surface area contributed by atoms with Gasteiger partial charge in [-0.1, -0.05) is 0 Å². The van der Waals surface area contributed by atoms with Gasteiger partial charge in [0.2, 0.25) is 5.91 Å². The predicted octanol–water partition coefficient (Wildman–Crippen LogP) is 2.42. The van der Waals surface area contributed by atoms with E-state index in [1.807, 2.05) is 11.2 Å². The number of anilines is 1. The predicted molar refractivity (Wildman–Crippen MR) is 117 cm³/mol. The maximum absolute atomic E-state index is 13.1. The van der Waals surface area contributed by atoms with Crippen LogP contribution in [0.15, 0.2) is 41.2 Å². The van der Waals surface area contributed by atoms with Crippen molar-refractivity contribution in [1.82, 2.24) is 9.47 Å². The minimum atomic E-state index is -0.0898. The molecule has 2 amide bonds. The fourth-order valence-corrected chi connectivity index (χ4v) is 4.85. The van der Waals surface area contributed by atoms with E-state index in [2.05, 4.69) is 5.32 Å². The van der Waals surface area contributed by atoms with Gasteiger partial charge in [-0.3, -0.25) is 14.4 Å². The van der Waals surface area contributed by atoms with E-state index in [0.29, 0.717) is 42.4 Å². The van der Waals surface area contributed by atoms with Crippen molar-refractivity contribution < 1.29 is 14.3 Å². The molecule has 4 rings (SSSR count). The van der Waals surface area contributed by atoms with Crippen LogP contribution in [0.3, 0.4) is 0 Å². The molecule has 2 aromatic rings. The van der Waals surface area contributed by atoms with E-state index in [4.69, 9.17) is 4.74 Å². The average molecular weight is 428 g/mol. The monoisotopic (exact) mass is 427 g/mol. The van der Waals surface area contributed by atoms with E-state index >= 15 is 0 Å². The number of piperidine rings is 1. The molecule has 7 nitrogen and oxygen atoms in total. The molecule has 158 valence electrons. The number of thioether (sulfide) groups is 1. The number of carbonyl (C=O) groups is 2. The number of hydrogen-bond donors (Lipinski definition) is 1. The van der Waals surface area contributed by atoms with Crippen LogP contribution >= 0.6 is 11.8 Å². The van der Waals surface area contributed by atoms with E-state index in [1.165, 1.54) is 17.8 Å². The van der Waals surface area contributed by atoms with Gasteiger partial charge in [0.05, 0.1) is 18.6 Å². The van der Waals surface area contributed by atoms with Crippen molar-refractivity contribution in [3.8, 4) is 5.75 Å². The van der Waals surface area contributed by atoms with Crippen molar-refractivity contribution in [1.29, 1.82) is 0 Å². The van der Waals surface area contributed by atoms with Gasteiger partial charge < -0.3 is 19.5 Å². The lowest BCUT2D eigenvalue weighted by molar-refractivity contribution is -0.113. The summed E-state index contributed by atoms with van der Waals surface area (Å²) in [6.07, 6.45) is 2.78. The lowest BCUT2D eigenvalue weighted by Gasteiger charge is -2.43. The molecule has 2 bridgehead atoms. The number of ether oxygens (including phenoxy) is 1. The minimum absolute atomic E-state index is 0.0122. The molecule has 2 aliphatic rings. The van der Waals surface area contributed by atoms with Crippen molar-refractivity contribution in [3.63, 3.8) is 0 Å². The molecule has 0 radical (unpaired) electrons. The molecule has 0 spiro atoms. The Hall–Kier alpha value is -2.74. The molecule has 1 saturated heterocycles. The number of amides is 2. The molecule has 1 N–H and O–H groups in total. The van der Waals surface area contributed by atoms with Gasteiger partial charge in [0.15, 0.2) is 0 Å².